The van der Waals surface area contributed by atoms with E-state index in [0.717, 1.165) is 5.03 Å². The summed E-state index contributed by atoms with van der Waals surface area (Å²) in [5.74, 6) is 0. The van der Waals surface area contributed by atoms with Crippen LogP contribution in [0, 0.1) is 6.92 Å². The zero-order chi connectivity index (χ0) is 8.27. The molecule has 0 unspecified atom stereocenters. The summed E-state index contributed by atoms with van der Waals surface area (Å²) in [6.07, 6.45) is 1.91. The Morgan fingerprint density at radius 1 is 1.36 bits per heavy atom. The van der Waals surface area contributed by atoms with Crippen LogP contribution in [0.15, 0.2) is 23.4 Å². The maximum Gasteiger partial charge on any atom is 0.0962 e. The molecule has 0 spiro atoms. The summed E-state index contributed by atoms with van der Waals surface area (Å²) in [5, 5.41) is 1.73. The molecule has 1 rings (SSSR count). The maximum absolute atomic E-state index is 4.28. The molecule has 1 heterocycles. The third-order valence-electron chi connectivity index (χ3n) is 1.24. The minimum Gasteiger partial charge on any atom is -0.250 e. The van der Waals surface area contributed by atoms with Gasteiger partial charge in [0, 0.05) is 11.4 Å². The fourth-order valence-electron chi connectivity index (χ4n) is 0.765. The summed E-state index contributed by atoms with van der Waals surface area (Å²) < 4.78 is 0. The molecule has 0 fully saturated rings. The predicted octanol–water partition coefficient (Wildman–Crippen LogP) is 2.89. The lowest BCUT2D eigenvalue weighted by atomic mass is 10.3. The molecule has 0 amide bonds. The molecule has 11 heavy (non-hydrogen) atoms. The highest BCUT2D eigenvalue weighted by Crippen LogP contribution is 2.19. The largest absolute Gasteiger partial charge is 0.250 e. The van der Waals surface area contributed by atoms with E-state index < -0.39 is 0 Å². The second kappa shape index (κ2) is 3.77. The summed E-state index contributed by atoms with van der Waals surface area (Å²) >= 11 is 1.80. The van der Waals surface area contributed by atoms with Crippen LogP contribution in [0.25, 0.3) is 0 Å². The molecular formula is C9H13NS. The van der Waals surface area contributed by atoms with Gasteiger partial charge in [-0.2, -0.15) is 0 Å². The lowest BCUT2D eigenvalue weighted by Crippen LogP contribution is -1.88. The van der Waals surface area contributed by atoms with E-state index in [1.165, 1.54) is 5.56 Å². The van der Waals surface area contributed by atoms with Crippen molar-refractivity contribution in [2.45, 2.75) is 31.0 Å². The molecule has 2 heteroatoms. The number of thioether (sulfide) groups is 1. The Morgan fingerprint density at radius 2 is 2.09 bits per heavy atom. The molecule has 0 bridgehead atoms. The van der Waals surface area contributed by atoms with Gasteiger partial charge in [0.05, 0.1) is 5.03 Å². The third-order valence-corrected chi connectivity index (χ3v) is 2.20. The smallest absolute Gasteiger partial charge is 0.0962 e. The van der Waals surface area contributed by atoms with E-state index in [2.05, 4.69) is 37.9 Å². The molecule has 0 saturated heterocycles. The van der Waals surface area contributed by atoms with Gasteiger partial charge in [-0.25, -0.2) is 4.98 Å². The average molecular weight is 167 g/mol. The second-order valence-corrected chi connectivity index (χ2v) is 4.44. The van der Waals surface area contributed by atoms with Crippen LogP contribution in [0.4, 0.5) is 0 Å². The van der Waals surface area contributed by atoms with Gasteiger partial charge in [0.15, 0.2) is 0 Å². The van der Waals surface area contributed by atoms with E-state index in [-0.39, 0.29) is 0 Å². The van der Waals surface area contributed by atoms with Crippen LogP contribution >= 0.6 is 11.8 Å². The minimum atomic E-state index is 0.616. The molecule has 0 aliphatic carbocycles. The van der Waals surface area contributed by atoms with Crippen molar-refractivity contribution >= 4 is 11.8 Å². The van der Waals surface area contributed by atoms with Gasteiger partial charge in [0.25, 0.3) is 0 Å². The van der Waals surface area contributed by atoms with Crippen LogP contribution in [0.3, 0.4) is 0 Å². The van der Waals surface area contributed by atoms with Crippen molar-refractivity contribution in [2.24, 2.45) is 0 Å². The van der Waals surface area contributed by atoms with Gasteiger partial charge in [-0.3, -0.25) is 0 Å². The molecule has 1 nitrogen and oxygen atoms in total. The number of rotatable bonds is 2. The van der Waals surface area contributed by atoms with Gasteiger partial charge in [0.2, 0.25) is 0 Å². The Morgan fingerprint density at radius 3 is 2.55 bits per heavy atom. The Labute approximate surface area is 72.2 Å². The molecule has 0 N–H and O–H groups in total. The number of nitrogens with zero attached hydrogens (tertiary/aromatic N) is 1. The average Bonchev–Trinajstić information content (AvgIpc) is 1.93. The van der Waals surface area contributed by atoms with E-state index in [1.807, 2.05) is 6.20 Å². The summed E-state index contributed by atoms with van der Waals surface area (Å²) in [6.45, 7) is 6.40. The monoisotopic (exact) mass is 167 g/mol. The van der Waals surface area contributed by atoms with Gasteiger partial charge >= 0.3 is 0 Å². The molecule has 60 valence electrons. The van der Waals surface area contributed by atoms with Crippen molar-refractivity contribution in [1.29, 1.82) is 0 Å². The van der Waals surface area contributed by atoms with Gasteiger partial charge < -0.3 is 0 Å². The maximum atomic E-state index is 4.28. The Kier molecular flexibility index (Phi) is 2.94. The molecule has 0 aliphatic rings. The topological polar surface area (TPSA) is 12.9 Å². The highest BCUT2D eigenvalue weighted by Gasteiger charge is 1.97. The van der Waals surface area contributed by atoms with Crippen molar-refractivity contribution in [2.75, 3.05) is 0 Å². The Balaban J connectivity index is 2.66. The molecule has 0 atom stereocenters. The van der Waals surface area contributed by atoms with Crippen LogP contribution in [0.5, 0.6) is 0 Å². The molecule has 0 aromatic carbocycles. The molecule has 0 saturated carbocycles. The predicted molar refractivity (Wildman–Crippen MR) is 50.0 cm³/mol. The first-order valence-electron chi connectivity index (χ1n) is 3.78. The second-order valence-electron chi connectivity index (χ2n) is 2.84. The van der Waals surface area contributed by atoms with Gasteiger partial charge in [-0.15, -0.1) is 11.8 Å². The van der Waals surface area contributed by atoms with Crippen LogP contribution in [-0.4, -0.2) is 10.2 Å². The fraction of sp³-hybridized carbons (Fsp3) is 0.444. The van der Waals surface area contributed by atoms with Crippen LogP contribution in [0.2, 0.25) is 0 Å². The number of aryl methyl sites for hydroxylation is 1. The quantitative estimate of drug-likeness (QED) is 0.628. The first-order valence-corrected chi connectivity index (χ1v) is 4.66. The van der Waals surface area contributed by atoms with Crippen molar-refractivity contribution in [3.63, 3.8) is 0 Å². The van der Waals surface area contributed by atoms with E-state index in [0.29, 0.717) is 5.25 Å². The lowest BCUT2D eigenvalue weighted by Gasteiger charge is -2.02. The van der Waals surface area contributed by atoms with Crippen LogP contribution in [0.1, 0.15) is 19.4 Å². The van der Waals surface area contributed by atoms with Gasteiger partial charge in [-0.1, -0.05) is 19.9 Å². The SMILES string of the molecule is Cc1ccc(SC(C)C)nc1. The van der Waals surface area contributed by atoms with Gasteiger partial charge in [0.1, 0.15) is 0 Å². The van der Waals surface area contributed by atoms with E-state index in [9.17, 15) is 0 Å². The number of pyridine rings is 1. The molecule has 1 aromatic heterocycles. The highest BCUT2D eigenvalue weighted by molar-refractivity contribution is 7.99. The normalized spacial score (nSPS) is 10.5. The molecule has 0 radical (unpaired) electrons. The Hall–Kier alpha value is -0.500. The standard InChI is InChI=1S/C9H13NS/c1-7(2)11-9-5-4-8(3)6-10-9/h4-7H,1-3H3. The molecular weight excluding hydrogens is 154 g/mol. The van der Waals surface area contributed by atoms with Crippen LogP contribution < -0.4 is 0 Å². The first kappa shape index (κ1) is 8.60. The number of aromatic nitrogens is 1. The summed E-state index contributed by atoms with van der Waals surface area (Å²) in [7, 11) is 0. The molecule has 1 aromatic rings. The zero-order valence-electron chi connectivity index (χ0n) is 7.16. The number of hydrogen-bond donors (Lipinski definition) is 0. The van der Waals surface area contributed by atoms with Gasteiger partial charge in [-0.05, 0) is 18.6 Å². The van der Waals surface area contributed by atoms with Crippen molar-refractivity contribution in [1.82, 2.24) is 4.98 Å². The van der Waals surface area contributed by atoms with Crippen LogP contribution in [-0.2, 0) is 0 Å². The Bertz CT molecular complexity index is 216. The molecule has 0 aliphatic heterocycles. The zero-order valence-corrected chi connectivity index (χ0v) is 7.98. The van der Waals surface area contributed by atoms with Crippen molar-refractivity contribution in [3.8, 4) is 0 Å². The minimum absolute atomic E-state index is 0.616. The first-order chi connectivity index (χ1) is 5.18. The lowest BCUT2D eigenvalue weighted by molar-refractivity contribution is 1.06. The summed E-state index contributed by atoms with van der Waals surface area (Å²) in [5.41, 5.74) is 1.22. The highest BCUT2D eigenvalue weighted by atomic mass is 32.2. The van der Waals surface area contributed by atoms with E-state index in [4.69, 9.17) is 0 Å². The van der Waals surface area contributed by atoms with E-state index >= 15 is 0 Å². The van der Waals surface area contributed by atoms with E-state index in [1.54, 1.807) is 11.8 Å². The fourth-order valence-corrected chi connectivity index (χ4v) is 1.51. The summed E-state index contributed by atoms with van der Waals surface area (Å²) in [6, 6.07) is 4.16. The van der Waals surface area contributed by atoms with Crippen molar-refractivity contribution in [3.05, 3.63) is 23.9 Å². The van der Waals surface area contributed by atoms with Crippen molar-refractivity contribution < 1.29 is 0 Å². The number of hydrogen-bond acceptors (Lipinski definition) is 2. The third kappa shape index (κ3) is 2.93. The summed E-state index contributed by atoms with van der Waals surface area (Å²) in [4.78, 5) is 4.28.